The Kier molecular flexibility index (Phi) is 5.77. The van der Waals surface area contributed by atoms with Gasteiger partial charge in [0.05, 0.1) is 17.2 Å². The van der Waals surface area contributed by atoms with Crippen molar-refractivity contribution in [1.29, 1.82) is 0 Å². The Labute approximate surface area is 187 Å². The summed E-state index contributed by atoms with van der Waals surface area (Å²) in [5, 5.41) is 7.92. The number of allylic oxidation sites excluding steroid dienone is 2. The van der Waals surface area contributed by atoms with E-state index in [4.69, 9.17) is 9.72 Å². The Hall–Kier alpha value is -3.39. The van der Waals surface area contributed by atoms with Crippen LogP contribution in [-0.2, 0) is 11.3 Å². The van der Waals surface area contributed by atoms with Gasteiger partial charge in [-0.1, -0.05) is 13.8 Å². The molecule has 0 aliphatic carbocycles. The topological polar surface area (TPSA) is 88.9 Å². The lowest BCUT2D eigenvalue weighted by molar-refractivity contribution is 0.0601. The number of fused-ring (bicyclic) bond motifs is 1. The molecule has 0 radical (unpaired) electrons. The Bertz CT molecular complexity index is 1160. The molecule has 0 aromatic carbocycles. The fourth-order valence-electron chi connectivity index (χ4n) is 4.02. The van der Waals surface area contributed by atoms with Crippen molar-refractivity contribution in [3.05, 3.63) is 60.5 Å². The number of hydrogen-bond donors (Lipinski definition) is 3. The van der Waals surface area contributed by atoms with Gasteiger partial charge in [0.2, 0.25) is 0 Å². The molecule has 3 aromatic heterocycles. The van der Waals surface area contributed by atoms with E-state index in [1.165, 1.54) is 5.57 Å². The minimum atomic E-state index is 0.435. The molecule has 166 valence electrons. The van der Waals surface area contributed by atoms with Gasteiger partial charge in [0.1, 0.15) is 11.6 Å². The molecule has 0 saturated carbocycles. The van der Waals surface area contributed by atoms with Crippen molar-refractivity contribution in [2.45, 2.75) is 33.2 Å². The van der Waals surface area contributed by atoms with E-state index in [-0.39, 0.29) is 0 Å². The van der Waals surface area contributed by atoms with E-state index in [1.54, 1.807) is 0 Å². The quantitative estimate of drug-likeness (QED) is 0.547. The summed E-state index contributed by atoms with van der Waals surface area (Å²) in [4.78, 5) is 9.39. The first-order valence-corrected chi connectivity index (χ1v) is 11.2. The monoisotopic (exact) mass is 431 g/mol. The third kappa shape index (κ3) is 4.60. The molecule has 5 rings (SSSR count). The number of aromatic nitrogens is 4. The molecular formula is C24H29N7O. The van der Waals surface area contributed by atoms with Crippen molar-refractivity contribution in [3.63, 3.8) is 0 Å². The number of nitrogens with zero attached hydrogens (tertiary/aromatic N) is 4. The molecule has 8 nitrogen and oxygen atoms in total. The average Bonchev–Trinajstić information content (AvgIpc) is 3.28. The van der Waals surface area contributed by atoms with Crippen molar-refractivity contribution >= 4 is 16.9 Å². The molecule has 0 bridgehead atoms. The van der Waals surface area contributed by atoms with Gasteiger partial charge >= 0.3 is 0 Å². The second-order valence-corrected chi connectivity index (χ2v) is 8.72. The highest BCUT2D eigenvalue weighted by Crippen LogP contribution is 2.24. The van der Waals surface area contributed by atoms with Gasteiger partial charge in [-0.15, -0.1) is 0 Å². The van der Waals surface area contributed by atoms with Crippen LogP contribution in [0.2, 0.25) is 0 Å². The fourth-order valence-corrected chi connectivity index (χ4v) is 4.02. The first kappa shape index (κ1) is 20.5. The van der Waals surface area contributed by atoms with Gasteiger partial charge in [-0.05, 0) is 54.5 Å². The molecule has 2 aliphatic heterocycles. The number of rotatable bonds is 6. The van der Waals surface area contributed by atoms with Crippen molar-refractivity contribution < 1.29 is 4.74 Å². The van der Waals surface area contributed by atoms with Gasteiger partial charge < -0.3 is 15.5 Å². The zero-order valence-corrected chi connectivity index (χ0v) is 18.5. The first-order chi connectivity index (χ1) is 15.6. The van der Waals surface area contributed by atoms with E-state index in [2.05, 4.69) is 58.4 Å². The number of hydrogen-bond acceptors (Lipinski definition) is 7. The maximum absolute atomic E-state index is 5.46. The van der Waals surface area contributed by atoms with E-state index in [9.17, 15) is 0 Å². The number of anilines is 1. The SMILES string of the molecule is CC(C)C1=CNNC(Nc2ccc3ncc(-c4cnn(CC5CCOCC5)c4)cc3n2)=C1. The van der Waals surface area contributed by atoms with Gasteiger partial charge in [0, 0.05) is 49.5 Å². The number of nitrogens with one attached hydrogen (secondary N) is 3. The summed E-state index contributed by atoms with van der Waals surface area (Å²) < 4.78 is 7.50. The number of ether oxygens (including phenoxy) is 1. The van der Waals surface area contributed by atoms with Gasteiger partial charge in [0.25, 0.3) is 0 Å². The Morgan fingerprint density at radius 2 is 2.03 bits per heavy atom. The highest BCUT2D eigenvalue weighted by atomic mass is 16.5. The summed E-state index contributed by atoms with van der Waals surface area (Å²) in [6.07, 6.45) is 12.2. The molecule has 5 heterocycles. The molecule has 32 heavy (non-hydrogen) atoms. The molecular weight excluding hydrogens is 402 g/mol. The normalized spacial score (nSPS) is 17.0. The smallest absolute Gasteiger partial charge is 0.132 e. The minimum Gasteiger partial charge on any atom is -0.381 e. The molecule has 0 amide bonds. The van der Waals surface area contributed by atoms with Crippen molar-refractivity contribution in [2.75, 3.05) is 18.5 Å². The number of hydrazine groups is 1. The summed E-state index contributed by atoms with van der Waals surface area (Å²) in [7, 11) is 0. The first-order valence-electron chi connectivity index (χ1n) is 11.2. The Balaban J connectivity index is 1.34. The highest BCUT2D eigenvalue weighted by Gasteiger charge is 2.15. The Morgan fingerprint density at radius 3 is 2.88 bits per heavy atom. The van der Waals surface area contributed by atoms with Gasteiger partial charge in [-0.25, -0.2) is 4.98 Å². The van der Waals surface area contributed by atoms with Crippen LogP contribution in [0.1, 0.15) is 26.7 Å². The van der Waals surface area contributed by atoms with E-state index in [1.807, 2.05) is 35.4 Å². The predicted molar refractivity (Wildman–Crippen MR) is 125 cm³/mol. The standard InChI is InChI=1S/C24H29N7O/c1-16(2)18-10-24(30-26-12-18)29-23-4-3-21-22(28-23)9-19(11-25-21)20-13-27-31(15-20)14-17-5-7-32-8-6-17/h3-4,9-13,15-17,26,30H,5-8,14H2,1-2H3,(H,28,29). The molecule has 2 aliphatic rings. The third-order valence-electron chi connectivity index (χ3n) is 5.98. The Morgan fingerprint density at radius 1 is 1.16 bits per heavy atom. The molecule has 1 fully saturated rings. The van der Waals surface area contributed by atoms with Crippen LogP contribution in [0.25, 0.3) is 22.2 Å². The molecule has 8 heteroatoms. The molecule has 0 spiro atoms. The maximum Gasteiger partial charge on any atom is 0.132 e. The van der Waals surface area contributed by atoms with E-state index in [0.29, 0.717) is 11.8 Å². The van der Waals surface area contributed by atoms with Crippen LogP contribution in [0.4, 0.5) is 5.82 Å². The van der Waals surface area contributed by atoms with Crippen LogP contribution < -0.4 is 16.2 Å². The molecule has 3 aromatic rings. The maximum atomic E-state index is 5.46. The zero-order chi connectivity index (χ0) is 21.9. The zero-order valence-electron chi connectivity index (χ0n) is 18.5. The predicted octanol–water partition coefficient (Wildman–Crippen LogP) is 3.82. The summed E-state index contributed by atoms with van der Waals surface area (Å²) in [6, 6.07) is 6.00. The fraction of sp³-hybridized carbons (Fsp3) is 0.375. The van der Waals surface area contributed by atoms with Crippen LogP contribution in [-0.4, -0.2) is 33.0 Å². The van der Waals surface area contributed by atoms with Crippen LogP contribution in [0, 0.1) is 11.8 Å². The highest BCUT2D eigenvalue weighted by molar-refractivity contribution is 5.81. The van der Waals surface area contributed by atoms with Crippen LogP contribution >= 0.6 is 0 Å². The summed E-state index contributed by atoms with van der Waals surface area (Å²) >= 11 is 0. The van der Waals surface area contributed by atoms with Gasteiger partial charge in [0.15, 0.2) is 0 Å². The van der Waals surface area contributed by atoms with E-state index < -0.39 is 0 Å². The summed E-state index contributed by atoms with van der Waals surface area (Å²) in [5.41, 5.74) is 11.2. The van der Waals surface area contributed by atoms with Crippen molar-refractivity contribution in [2.24, 2.45) is 11.8 Å². The third-order valence-corrected chi connectivity index (χ3v) is 5.98. The second kappa shape index (κ2) is 9.00. The van der Waals surface area contributed by atoms with Crippen LogP contribution in [0.15, 0.2) is 60.5 Å². The molecule has 1 saturated heterocycles. The van der Waals surface area contributed by atoms with E-state index in [0.717, 1.165) is 66.4 Å². The molecule has 0 atom stereocenters. The molecule has 3 N–H and O–H groups in total. The minimum absolute atomic E-state index is 0.435. The van der Waals surface area contributed by atoms with Crippen molar-refractivity contribution in [1.82, 2.24) is 30.6 Å². The average molecular weight is 432 g/mol. The van der Waals surface area contributed by atoms with Crippen LogP contribution in [0.5, 0.6) is 0 Å². The lowest BCUT2D eigenvalue weighted by Crippen LogP contribution is -2.33. The van der Waals surface area contributed by atoms with Gasteiger partial charge in [-0.3, -0.25) is 15.1 Å². The lowest BCUT2D eigenvalue weighted by Gasteiger charge is -2.21. The van der Waals surface area contributed by atoms with Gasteiger partial charge in [-0.2, -0.15) is 5.10 Å². The summed E-state index contributed by atoms with van der Waals surface area (Å²) in [6.45, 7) is 6.97. The second-order valence-electron chi connectivity index (χ2n) is 8.72. The van der Waals surface area contributed by atoms with Crippen molar-refractivity contribution in [3.8, 4) is 11.1 Å². The number of pyridine rings is 2. The molecule has 0 unspecified atom stereocenters. The largest absolute Gasteiger partial charge is 0.381 e. The van der Waals surface area contributed by atoms with Crippen LogP contribution in [0.3, 0.4) is 0 Å². The lowest BCUT2D eigenvalue weighted by atomic mass is 10.0. The summed E-state index contributed by atoms with van der Waals surface area (Å²) in [5.74, 6) is 2.69. The van der Waals surface area contributed by atoms with E-state index >= 15 is 0 Å².